The van der Waals surface area contributed by atoms with Gasteiger partial charge in [0.1, 0.15) is 5.75 Å². The van der Waals surface area contributed by atoms with E-state index in [2.05, 4.69) is 0 Å². The first-order valence-electron chi connectivity index (χ1n) is 8.13. The van der Waals surface area contributed by atoms with Crippen molar-refractivity contribution in [3.05, 3.63) is 65.1 Å². The molecule has 0 bridgehead atoms. The number of ether oxygens (including phenoxy) is 2. The van der Waals surface area contributed by atoms with Crippen LogP contribution in [0.2, 0.25) is 0 Å². The summed E-state index contributed by atoms with van der Waals surface area (Å²) in [6, 6.07) is 16.8. The minimum absolute atomic E-state index is 0.214. The van der Waals surface area contributed by atoms with Crippen molar-refractivity contribution in [2.24, 2.45) is 0 Å². The Hall–Kier alpha value is -2.57. The topological polar surface area (TPSA) is 55.8 Å². The molecule has 0 saturated carbocycles. The molecule has 1 heterocycles. The lowest BCUT2D eigenvalue weighted by molar-refractivity contribution is -0.137. The van der Waals surface area contributed by atoms with Crippen LogP contribution in [-0.4, -0.2) is 44.1 Å². The smallest absolute Gasteiger partial charge is 0.268 e. The highest BCUT2D eigenvalue weighted by Crippen LogP contribution is 2.41. The molecule has 2 amide bonds. The molecular formula is C20H19NO4S. The zero-order valence-corrected chi connectivity index (χ0v) is 15.4. The van der Waals surface area contributed by atoms with Crippen LogP contribution in [0.1, 0.15) is 5.56 Å². The van der Waals surface area contributed by atoms with Gasteiger partial charge in [-0.3, -0.25) is 14.5 Å². The number of carbonyl (C=O) groups excluding carboxylic acids is 2. The molecule has 0 aliphatic carbocycles. The molecule has 0 radical (unpaired) electrons. The molecule has 0 spiro atoms. The number of amides is 2. The van der Waals surface area contributed by atoms with Crippen LogP contribution in [0.5, 0.6) is 5.75 Å². The van der Waals surface area contributed by atoms with Crippen LogP contribution in [0.3, 0.4) is 0 Å². The molecular weight excluding hydrogens is 350 g/mol. The van der Waals surface area contributed by atoms with Crippen LogP contribution in [0.25, 0.3) is 5.57 Å². The van der Waals surface area contributed by atoms with Crippen LogP contribution >= 0.6 is 11.8 Å². The molecule has 0 N–H and O–H groups in total. The van der Waals surface area contributed by atoms with Crippen LogP contribution in [0, 0.1) is 0 Å². The van der Waals surface area contributed by atoms with E-state index in [1.54, 1.807) is 26.4 Å². The number of nitrogens with zero attached hydrogens (tertiary/aromatic N) is 1. The molecule has 0 atom stereocenters. The SMILES string of the molecule is COCCN1C(=O)C(Sc2ccccc2)=C(c2ccccc2OC)C1=O. The summed E-state index contributed by atoms with van der Waals surface area (Å²) in [5, 5.41) is 0. The highest BCUT2D eigenvalue weighted by Gasteiger charge is 2.40. The number of carbonyl (C=O) groups is 2. The summed E-state index contributed by atoms with van der Waals surface area (Å²) >= 11 is 1.29. The maximum absolute atomic E-state index is 13.0. The number of hydrogen-bond donors (Lipinski definition) is 0. The first-order chi connectivity index (χ1) is 12.7. The van der Waals surface area contributed by atoms with E-state index >= 15 is 0 Å². The average Bonchev–Trinajstić information content (AvgIpc) is 2.90. The molecule has 3 rings (SSSR count). The Morgan fingerprint density at radius 3 is 2.31 bits per heavy atom. The molecule has 0 fully saturated rings. The van der Waals surface area contributed by atoms with Gasteiger partial charge in [-0.05, 0) is 18.2 Å². The van der Waals surface area contributed by atoms with Gasteiger partial charge in [-0.1, -0.05) is 48.2 Å². The van der Waals surface area contributed by atoms with Crippen LogP contribution in [0.4, 0.5) is 0 Å². The molecule has 26 heavy (non-hydrogen) atoms. The lowest BCUT2D eigenvalue weighted by Crippen LogP contribution is -2.34. The van der Waals surface area contributed by atoms with Gasteiger partial charge >= 0.3 is 0 Å². The Balaban J connectivity index is 2.08. The van der Waals surface area contributed by atoms with Crippen molar-refractivity contribution in [1.82, 2.24) is 4.90 Å². The summed E-state index contributed by atoms with van der Waals surface area (Å²) in [5.74, 6) is -0.0693. The van der Waals surface area contributed by atoms with Gasteiger partial charge < -0.3 is 9.47 Å². The van der Waals surface area contributed by atoms with Gasteiger partial charge in [0, 0.05) is 17.6 Å². The fraction of sp³-hybridized carbons (Fsp3) is 0.200. The first kappa shape index (κ1) is 18.2. The van der Waals surface area contributed by atoms with Crippen LogP contribution < -0.4 is 4.74 Å². The van der Waals surface area contributed by atoms with E-state index in [1.807, 2.05) is 42.5 Å². The van der Waals surface area contributed by atoms with Crippen molar-refractivity contribution in [3.8, 4) is 5.75 Å². The third kappa shape index (κ3) is 3.52. The van der Waals surface area contributed by atoms with Gasteiger partial charge in [0.25, 0.3) is 11.8 Å². The first-order valence-corrected chi connectivity index (χ1v) is 8.94. The highest BCUT2D eigenvalue weighted by atomic mass is 32.2. The summed E-state index contributed by atoms with van der Waals surface area (Å²) in [6.07, 6.45) is 0. The monoisotopic (exact) mass is 369 g/mol. The van der Waals surface area contributed by atoms with Gasteiger partial charge in [0.2, 0.25) is 0 Å². The summed E-state index contributed by atoms with van der Waals surface area (Å²) in [6.45, 7) is 0.506. The molecule has 1 aliphatic heterocycles. The predicted molar refractivity (Wildman–Crippen MR) is 101 cm³/mol. The number of rotatable bonds is 7. The Morgan fingerprint density at radius 1 is 0.923 bits per heavy atom. The number of methoxy groups -OCH3 is 2. The van der Waals surface area contributed by atoms with E-state index < -0.39 is 0 Å². The van der Waals surface area contributed by atoms with Gasteiger partial charge in [-0.2, -0.15) is 0 Å². The fourth-order valence-corrected chi connectivity index (χ4v) is 3.76. The zero-order chi connectivity index (χ0) is 18.5. The van der Waals surface area contributed by atoms with Crippen molar-refractivity contribution in [3.63, 3.8) is 0 Å². The number of para-hydroxylation sites is 1. The van der Waals surface area contributed by atoms with Crippen LogP contribution in [-0.2, 0) is 14.3 Å². The van der Waals surface area contributed by atoms with Gasteiger partial charge in [-0.25, -0.2) is 0 Å². The Bertz CT molecular complexity index is 848. The zero-order valence-electron chi connectivity index (χ0n) is 14.6. The largest absolute Gasteiger partial charge is 0.496 e. The maximum atomic E-state index is 13.0. The molecule has 134 valence electrons. The van der Waals surface area contributed by atoms with E-state index in [0.29, 0.717) is 28.4 Å². The van der Waals surface area contributed by atoms with Gasteiger partial charge in [0.05, 0.1) is 30.7 Å². The summed E-state index contributed by atoms with van der Waals surface area (Å²) < 4.78 is 10.4. The van der Waals surface area contributed by atoms with Crippen molar-refractivity contribution >= 4 is 29.1 Å². The summed E-state index contributed by atoms with van der Waals surface area (Å²) in [5.41, 5.74) is 0.990. The number of thioether (sulfide) groups is 1. The normalized spacial score (nSPS) is 14.3. The third-order valence-electron chi connectivity index (χ3n) is 3.98. The lowest BCUT2D eigenvalue weighted by atomic mass is 10.1. The van der Waals surface area contributed by atoms with Crippen molar-refractivity contribution in [2.75, 3.05) is 27.4 Å². The highest BCUT2D eigenvalue weighted by molar-refractivity contribution is 8.04. The van der Waals surface area contributed by atoms with Crippen molar-refractivity contribution in [2.45, 2.75) is 4.90 Å². The molecule has 0 unspecified atom stereocenters. The van der Waals surface area contributed by atoms with E-state index in [4.69, 9.17) is 9.47 Å². The minimum Gasteiger partial charge on any atom is -0.496 e. The van der Waals surface area contributed by atoms with Gasteiger partial charge in [0.15, 0.2) is 0 Å². The van der Waals surface area contributed by atoms with Crippen LogP contribution in [0.15, 0.2) is 64.4 Å². The molecule has 5 nitrogen and oxygen atoms in total. The summed E-state index contributed by atoms with van der Waals surface area (Å²) in [4.78, 5) is 28.5. The Kier molecular flexibility index (Phi) is 5.75. The lowest BCUT2D eigenvalue weighted by Gasteiger charge is -2.14. The molecule has 0 saturated heterocycles. The second-order valence-corrected chi connectivity index (χ2v) is 6.66. The predicted octanol–water partition coefficient (Wildman–Crippen LogP) is 3.21. The second-order valence-electron chi connectivity index (χ2n) is 5.57. The van der Waals surface area contributed by atoms with E-state index in [9.17, 15) is 9.59 Å². The molecule has 2 aromatic rings. The quantitative estimate of drug-likeness (QED) is 0.702. The second kappa shape index (κ2) is 8.21. The number of imide groups is 1. The van der Waals surface area contributed by atoms with Crippen molar-refractivity contribution in [1.29, 1.82) is 0 Å². The number of benzene rings is 2. The fourth-order valence-electron chi connectivity index (χ4n) is 2.73. The third-order valence-corrected chi connectivity index (χ3v) is 5.07. The molecule has 2 aromatic carbocycles. The maximum Gasteiger partial charge on any atom is 0.268 e. The number of hydrogen-bond acceptors (Lipinski definition) is 5. The Labute approximate surface area is 156 Å². The van der Waals surface area contributed by atoms with E-state index in [1.165, 1.54) is 16.7 Å². The summed E-state index contributed by atoms with van der Waals surface area (Å²) in [7, 11) is 3.09. The van der Waals surface area contributed by atoms with E-state index in [-0.39, 0.29) is 18.4 Å². The molecule has 1 aliphatic rings. The Morgan fingerprint density at radius 2 is 1.62 bits per heavy atom. The molecule has 6 heteroatoms. The van der Waals surface area contributed by atoms with E-state index in [0.717, 1.165) is 4.90 Å². The standard InChI is InChI=1S/C20H19NO4S/c1-24-13-12-21-19(22)17(15-10-6-7-11-16(15)25-2)18(20(21)23)26-14-8-4-3-5-9-14/h3-11H,12-13H2,1-2H3. The van der Waals surface area contributed by atoms with Gasteiger partial charge in [-0.15, -0.1) is 0 Å². The average molecular weight is 369 g/mol. The molecule has 0 aromatic heterocycles. The minimum atomic E-state index is -0.324. The van der Waals surface area contributed by atoms with Crippen molar-refractivity contribution < 1.29 is 19.1 Å².